The second-order valence-electron chi connectivity index (χ2n) is 4.77. The third kappa shape index (κ3) is 4.33. The Morgan fingerprint density at radius 2 is 2.05 bits per heavy atom. The molecular formula is C13H19N3O3. The van der Waals surface area contributed by atoms with E-state index in [2.05, 4.69) is 5.32 Å². The van der Waals surface area contributed by atoms with Crippen LogP contribution in [0.4, 0.5) is 11.4 Å². The molecule has 0 bridgehead atoms. The van der Waals surface area contributed by atoms with E-state index < -0.39 is 4.92 Å². The maximum Gasteiger partial charge on any atom is 0.274 e. The summed E-state index contributed by atoms with van der Waals surface area (Å²) in [5.74, 6) is -0.182. The Balaban J connectivity index is 2.86. The zero-order valence-corrected chi connectivity index (χ0v) is 11.4. The van der Waals surface area contributed by atoms with Gasteiger partial charge in [0.05, 0.1) is 10.6 Å². The lowest BCUT2D eigenvalue weighted by Crippen LogP contribution is -2.19. The Labute approximate surface area is 112 Å². The van der Waals surface area contributed by atoms with E-state index in [1.54, 1.807) is 19.9 Å². The minimum absolute atomic E-state index is 0.00749. The first kappa shape index (κ1) is 15.1. The number of nitro benzene ring substituents is 1. The van der Waals surface area contributed by atoms with E-state index in [1.165, 1.54) is 6.07 Å². The van der Waals surface area contributed by atoms with Crippen LogP contribution in [0.2, 0.25) is 0 Å². The van der Waals surface area contributed by atoms with Gasteiger partial charge in [0.2, 0.25) is 5.91 Å². The van der Waals surface area contributed by atoms with Crippen molar-refractivity contribution in [3.63, 3.8) is 0 Å². The van der Waals surface area contributed by atoms with Crippen LogP contribution in [0.5, 0.6) is 0 Å². The number of carbonyl (C=O) groups is 1. The summed E-state index contributed by atoms with van der Waals surface area (Å²) < 4.78 is 0. The number of nitro groups is 1. The molecule has 19 heavy (non-hydrogen) atoms. The summed E-state index contributed by atoms with van der Waals surface area (Å²) in [5, 5.41) is 13.6. The highest BCUT2D eigenvalue weighted by Crippen LogP contribution is 2.26. The molecule has 0 spiro atoms. The summed E-state index contributed by atoms with van der Waals surface area (Å²) in [5.41, 5.74) is 7.45. The zero-order chi connectivity index (χ0) is 14.6. The smallest absolute Gasteiger partial charge is 0.274 e. The van der Waals surface area contributed by atoms with Crippen LogP contribution in [0.3, 0.4) is 0 Å². The molecule has 1 amide bonds. The quantitative estimate of drug-likeness (QED) is 0.630. The summed E-state index contributed by atoms with van der Waals surface area (Å²) in [6.07, 6.45) is 0.887. The van der Waals surface area contributed by atoms with Gasteiger partial charge in [-0.3, -0.25) is 14.9 Å². The Bertz CT molecular complexity index is 498. The highest BCUT2D eigenvalue weighted by molar-refractivity contribution is 5.92. The third-order valence-electron chi connectivity index (χ3n) is 2.84. The van der Waals surface area contributed by atoms with Gasteiger partial charge >= 0.3 is 0 Å². The van der Waals surface area contributed by atoms with Gasteiger partial charge in [0, 0.05) is 24.1 Å². The molecule has 0 radical (unpaired) electrons. The van der Waals surface area contributed by atoms with Gasteiger partial charge in [-0.2, -0.15) is 0 Å². The van der Waals surface area contributed by atoms with E-state index in [4.69, 9.17) is 5.73 Å². The van der Waals surface area contributed by atoms with Gasteiger partial charge in [-0.25, -0.2) is 0 Å². The van der Waals surface area contributed by atoms with Crippen molar-refractivity contribution in [1.29, 1.82) is 0 Å². The van der Waals surface area contributed by atoms with Crippen LogP contribution >= 0.6 is 0 Å². The largest absolute Gasteiger partial charge is 0.328 e. The molecule has 0 heterocycles. The molecule has 3 N–H and O–H groups in total. The Morgan fingerprint density at radius 3 is 2.58 bits per heavy atom. The Hall–Kier alpha value is -1.95. The molecule has 6 nitrogen and oxygen atoms in total. The first-order chi connectivity index (χ1) is 8.81. The molecule has 0 aromatic heterocycles. The molecule has 0 fully saturated rings. The van der Waals surface area contributed by atoms with Gasteiger partial charge in [-0.05, 0) is 38.8 Å². The van der Waals surface area contributed by atoms with Crippen LogP contribution in [0.15, 0.2) is 12.1 Å². The number of nitrogens with two attached hydrogens (primary N) is 1. The van der Waals surface area contributed by atoms with E-state index in [0.717, 1.165) is 5.56 Å². The molecule has 0 saturated carbocycles. The summed E-state index contributed by atoms with van der Waals surface area (Å²) in [7, 11) is 0. The number of hydrogen-bond donors (Lipinski definition) is 2. The van der Waals surface area contributed by atoms with E-state index >= 15 is 0 Å². The molecule has 0 saturated heterocycles. The number of aryl methyl sites for hydroxylation is 2. The first-order valence-electron chi connectivity index (χ1n) is 6.12. The van der Waals surface area contributed by atoms with Crippen molar-refractivity contribution in [2.75, 3.05) is 5.32 Å². The first-order valence-corrected chi connectivity index (χ1v) is 6.12. The van der Waals surface area contributed by atoms with Crippen molar-refractivity contribution >= 4 is 17.3 Å². The fourth-order valence-corrected chi connectivity index (χ4v) is 1.74. The van der Waals surface area contributed by atoms with Crippen molar-refractivity contribution in [3.05, 3.63) is 33.4 Å². The maximum absolute atomic E-state index is 11.7. The van der Waals surface area contributed by atoms with Crippen LogP contribution in [0, 0.1) is 24.0 Å². The SMILES string of the molecule is Cc1cc(C)c([N+](=O)[O-])cc1NC(=O)CCC(C)N. The molecule has 1 aromatic rings. The summed E-state index contributed by atoms with van der Waals surface area (Å²) >= 11 is 0. The predicted molar refractivity (Wildman–Crippen MR) is 74.1 cm³/mol. The van der Waals surface area contributed by atoms with Crippen LogP contribution < -0.4 is 11.1 Å². The van der Waals surface area contributed by atoms with Crippen molar-refractivity contribution in [3.8, 4) is 0 Å². The molecule has 0 aliphatic heterocycles. The molecule has 104 valence electrons. The molecule has 0 aliphatic rings. The fourth-order valence-electron chi connectivity index (χ4n) is 1.74. The van der Waals surface area contributed by atoms with Gasteiger partial charge < -0.3 is 11.1 Å². The Morgan fingerprint density at radius 1 is 1.42 bits per heavy atom. The third-order valence-corrected chi connectivity index (χ3v) is 2.84. The lowest BCUT2D eigenvalue weighted by molar-refractivity contribution is -0.385. The second kappa shape index (κ2) is 6.29. The molecule has 0 aliphatic carbocycles. The maximum atomic E-state index is 11.7. The standard InChI is InChI=1S/C13H19N3O3/c1-8-6-9(2)12(16(18)19)7-11(8)15-13(17)5-4-10(3)14/h6-7,10H,4-5,14H2,1-3H3,(H,15,17). The lowest BCUT2D eigenvalue weighted by Gasteiger charge is -2.10. The average molecular weight is 265 g/mol. The number of nitrogens with one attached hydrogen (secondary N) is 1. The molecule has 1 aromatic carbocycles. The van der Waals surface area contributed by atoms with Crippen molar-refractivity contribution in [2.45, 2.75) is 39.7 Å². The summed E-state index contributed by atoms with van der Waals surface area (Å²) in [4.78, 5) is 22.1. The van der Waals surface area contributed by atoms with Crippen molar-refractivity contribution in [2.24, 2.45) is 5.73 Å². The van der Waals surface area contributed by atoms with E-state index in [1.807, 2.05) is 6.92 Å². The second-order valence-corrected chi connectivity index (χ2v) is 4.77. The van der Waals surface area contributed by atoms with E-state index in [9.17, 15) is 14.9 Å². The number of rotatable bonds is 5. The van der Waals surface area contributed by atoms with Gasteiger partial charge in [0.25, 0.3) is 5.69 Å². The van der Waals surface area contributed by atoms with Gasteiger partial charge in [0.15, 0.2) is 0 Å². The van der Waals surface area contributed by atoms with E-state index in [0.29, 0.717) is 24.1 Å². The molecular weight excluding hydrogens is 246 g/mol. The molecule has 6 heteroatoms. The number of anilines is 1. The fraction of sp³-hybridized carbons (Fsp3) is 0.462. The van der Waals surface area contributed by atoms with E-state index in [-0.39, 0.29) is 17.6 Å². The number of nitrogens with zero attached hydrogens (tertiary/aromatic N) is 1. The average Bonchev–Trinajstić information content (AvgIpc) is 2.29. The highest BCUT2D eigenvalue weighted by Gasteiger charge is 2.15. The van der Waals surface area contributed by atoms with Crippen LogP contribution in [-0.2, 0) is 4.79 Å². The van der Waals surface area contributed by atoms with Crippen LogP contribution in [0.1, 0.15) is 30.9 Å². The lowest BCUT2D eigenvalue weighted by atomic mass is 10.1. The molecule has 1 atom stereocenters. The summed E-state index contributed by atoms with van der Waals surface area (Å²) in [6, 6.07) is 3.05. The predicted octanol–water partition coefficient (Wildman–Crippen LogP) is 2.28. The number of benzene rings is 1. The molecule has 1 rings (SSSR count). The zero-order valence-electron chi connectivity index (χ0n) is 11.4. The van der Waals surface area contributed by atoms with Crippen molar-refractivity contribution in [1.82, 2.24) is 0 Å². The number of hydrogen-bond acceptors (Lipinski definition) is 4. The minimum Gasteiger partial charge on any atom is -0.328 e. The van der Waals surface area contributed by atoms with Gasteiger partial charge in [0.1, 0.15) is 0 Å². The topological polar surface area (TPSA) is 98.3 Å². The minimum atomic E-state index is -0.452. The summed E-state index contributed by atoms with van der Waals surface area (Å²) in [6.45, 7) is 5.31. The van der Waals surface area contributed by atoms with Gasteiger partial charge in [-0.1, -0.05) is 0 Å². The number of amides is 1. The van der Waals surface area contributed by atoms with Gasteiger partial charge in [-0.15, -0.1) is 0 Å². The number of carbonyl (C=O) groups excluding carboxylic acids is 1. The van der Waals surface area contributed by atoms with Crippen molar-refractivity contribution < 1.29 is 9.72 Å². The van der Waals surface area contributed by atoms with Crippen LogP contribution in [-0.4, -0.2) is 16.9 Å². The monoisotopic (exact) mass is 265 g/mol. The van der Waals surface area contributed by atoms with Crippen LogP contribution in [0.25, 0.3) is 0 Å². The Kier molecular flexibility index (Phi) is 5.00. The normalized spacial score (nSPS) is 12.0. The highest BCUT2D eigenvalue weighted by atomic mass is 16.6. The molecule has 1 unspecified atom stereocenters.